The molecule has 0 N–H and O–H groups in total. The minimum atomic E-state index is 0.251. The molecular formula is C17H28O3. The van der Waals surface area contributed by atoms with Crippen LogP contribution in [0.5, 0.6) is 0 Å². The third-order valence-electron chi connectivity index (χ3n) is 3.74. The molecule has 0 amide bonds. The van der Waals surface area contributed by atoms with Gasteiger partial charge >= 0.3 is 0 Å². The van der Waals surface area contributed by atoms with Gasteiger partial charge in [-0.05, 0) is 49.7 Å². The molecule has 0 aromatic heterocycles. The molecule has 0 fully saturated rings. The first-order valence-electron chi connectivity index (χ1n) is 7.15. The Morgan fingerprint density at radius 1 is 1.35 bits per heavy atom. The Kier molecular flexibility index (Phi) is 7.03. The molecular weight excluding hydrogens is 252 g/mol. The van der Waals surface area contributed by atoms with Crippen LogP contribution in [-0.4, -0.2) is 27.6 Å². The van der Waals surface area contributed by atoms with E-state index in [4.69, 9.17) is 14.2 Å². The van der Waals surface area contributed by atoms with E-state index in [1.165, 1.54) is 23.1 Å². The molecule has 1 aliphatic carbocycles. The van der Waals surface area contributed by atoms with E-state index in [1.807, 2.05) is 6.26 Å². The molecule has 0 spiro atoms. The maximum absolute atomic E-state index is 5.35. The van der Waals surface area contributed by atoms with Gasteiger partial charge in [0.2, 0.25) is 0 Å². The van der Waals surface area contributed by atoms with E-state index in [-0.39, 0.29) is 5.41 Å². The van der Waals surface area contributed by atoms with Gasteiger partial charge in [0.25, 0.3) is 0 Å². The summed E-state index contributed by atoms with van der Waals surface area (Å²) in [4.78, 5) is 0. The van der Waals surface area contributed by atoms with Crippen LogP contribution in [-0.2, 0) is 14.2 Å². The Hall–Kier alpha value is -1.06. The molecule has 1 aliphatic rings. The lowest BCUT2D eigenvalue weighted by molar-refractivity contribution is -0.0211. The Morgan fingerprint density at radius 2 is 2.10 bits per heavy atom. The highest BCUT2D eigenvalue weighted by atomic mass is 16.7. The van der Waals surface area contributed by atoms with E-state index in [1.54, 1.807) is 14.2 Å². The first-order valence-corrected chi connectivity index (χ1v) is 7.15. The van der Waals surface area contributed by atoms with Gasteiger partial charge in [-0.3, -0.25) is 0 Å². The molecule has 0 bridgehead atoms. The average molecular weight is 280 g/mol. The summed E-state index contributed by atoms with van der Waals surface area (Å²) in [6, 6.07) is 0. The van der Waals surface area contributed by atoms with Gasteiger partial charge in [-0.25, -0.2) is 0 Å². The van der Waals surface area contributed by atoms with Gasteiger partial charge in [0.1, 0.15) is 6.79 Å². The molecule has 0 aromatic carbocycles. The summed E-state index contributed by atoms with van der Waals surface area (Å²) in [5.41, 5.74) is 4.16. The number of allylic oxidation sites excluding steroid dienone is 4. The summed E-state index contributed by atoms with van der Waals surface area (Å²) in [6.45, 7) is 7.53. The lowest BCUT2D eigenvalue weighted by Crippen LogP contribution is -2.08. The van der Waals surface area contributed by atoms with Crippen LogP contribution >= 0.6 is 0 Å². The van der Waals surface area contributed by atoms with E-state index >= 15 is 0 Å². The second-order valence-electron chi connectivity index (χ2n) is 5.87. The first kappa shape index (κ1) is 17.0. The second-order valence-corrected chi connectivity index (χ2v) is 5.87. The lowest BCUT2D eigenvalue weighted by Gasteiger charge is -2.19. The van der Waals surface area contributed by atoms with E-state index in [0.717, 1.165) is 12.8 Å². The summed E-state index contributed by atoms with van der Waals surface area (Å²) in [7, 11) is 3.34. The van der Waals surface area contributed by atoms with Crippen LogP contribution in [0.1, 0.15) is 40.0 Å². The summed E-state index contributed by atoms with van der Waals surface area (Å²) >= 11 is 0. The van der Waals surface area contributed by atoms with Gasteiger partial charge < -0.3 is 14.2 Å². The minimum Gasteiger partial charge on any atom is -0.504 e. The molecule has 0 radical (unpaired) electrons. The lowest BCUT2D eigenvalue weighted by atomic mass is 9.86. The molecule has 0 aromatic rings. The predicted molar refractivity (Wildman–Crippen MR) is 82.4 cm³/mol. The van der Waals surface area contributed by atoms with Crippen molar-refractivity contribution in [3.05, 3.63) is 35.1 Å². The van der Waals surface area contributed by atoms with Gasteiger partial charge in [-0.2, -0.15) is 0 Å². The minimum absolute atomic E-state index is 0.251. The molecule has 114 valence electrons. The molecule has 0 saturated carbocycles. The molecule has 1 rings (SSSR count). The van der Waals surface area contributed by atoms with Crippen LogP contribution in [0.15, 0.2) is 35.1 Å². The third kappa shape index (κ3) is 5.51. The fourth-order valence-corrected chi connectivity index (χ4v) is 2.46. The van der Waals surface area contributed by atoms with Crippen molar-refractivity contribution in [2.45, 2.75) is 40.0 Å². The highest BCUT2D eigenvalue weighted by Gasteiger charge is 2.27. The third-order valence-corrected chi connectivity index (χ3v) is 3.74. The number of methoxy groups -OCH3 is 2. The molecule has 0 saturated heterocycles. The van der Waals surface area contributed by atoms with Crippen molar-refractivity contribution in [1.82, 2.24) is 0 Å². The molecule has 0 unspecified atom stereocenters. The Bertz CT molecular complexity index is 393. The van der Waals surface area contributed by atoms with Crippen molar-refractivity contribution in [1.29, 1.82) is 0 Å². The molecule has 3 heteroatoms. The van der Waals surface area contributed by atoms with Crippen LogP contribution in [0.3, 0.4) is 0 Å². The van der Waals surface area contributed by atoms with E-state index in [2.05, 4.69) is 32.9 Å². The van der Waals surface area contributed by atoms with Crippen molar-refractivity contribution in [3.8, 4) is 0 Å². The van der Waals surface area contributed by atoms with E-state index in [9.17, 15) is 0 Å². The summed E-state index contributed by atoms with van der Waals surface area (Å²) in [5.74, 6) is 0. The summed E-state index contributed by atoms with van der Waals surface area (Å²) in [6.07, 6.45) is 9.90. The molecule has 1 atom stereocenters. The van der Waals surface area contributed by atoms with Gasteiger partial charge in [-0.15, -0.1) is 0 Å². The van der Waals surface area contributed by atoms with Crippen LogP contribution in [0.4, 0.5) is 0 Å². The van der Waals surface area contributed by atoms with Crippen molar-refractivity contribution in [3.63, 3.8) is 0 Å². The molecule has 0 aliphatic heterocycles. The zero-order chi connectivity index (χ0) is 15.0. The van der Waals surface area contributed by atoms with Crippen LogP contribution in [0, 0.1) is 5.41 Å². The highest BCUT2D eigenvalue weighted by Crippen LogP contribution is 2.41. The van der Waals surface area contributed by atoms with E-state index < -0.39 is 0 Å². The van der Waals surface area contributed by atoms with Crippen molar-refractivity contribution in [2.24, 2.45) is 5.41 Å². The van der Waals surface area contributed by atoms with Crippen LogP contribution in [0.25, 0.3) is 0 Å². The molecule has 3 nitrogen and oxygen atoms in total. The van der Waals surface area contributed by atoms with Gasteiger partial charge in [0.15, 0.2) is 0 Å². The zero-order valence-corrected chi connectivity index (χ0v) is 13.5. The predicted octanol–water partition coefficient (Wildman–Crippen LogP) is 4.22. The maximum Gasteiger partial charge on any atom is 0.146 e. The summed E-state index contributed by atoms with van der Waals surface area (Å²) in [5, 5.41) is 0. The second kappa shape index (κ2) is 8.28. The monoisotopic (exact) mass is 280 g/mol. The Morgan fingerprint density at radius 3 is 2.75 bits per heavy atom. The Balaban J connectivity index is 2.55. The normalized spacial score (nSPS) is 23.9. The number of rotatable bonds is 8. The smallest absolute Gasteiger partial charge is 0.146 e. The number of hydrogen-bond acceptors (Lipinski definition) is 3. The average Bonchev–Trinajstić information content (AvgIpc) is 2.81. The van der Waals surface area contributed by atoms with E-state index in [0.29, 0.717) is 13.4 Å². The number of ether oxygens (including phenoxy) is 3. The fourth-order valence-electron chi connectivity index (χ4n) is 2.46. The van der Waals surface area contributed by atoms with Crippen LogP contribution < -0.4 is 0 Å². The fraction of sp³-hybridized carbons (Fsp3) is 0.647. The highest BCUT2D eigenvalue weighted by molar-refractivity contribution is 5.33. The SMILES string of the molecule is CO/C=C(\C)C1=C[C@](C)(C/C=C(/C)COCOC)CC1. The quantitative estimate of drug-likeness (QED) is 0.288. The number of hydrogen-bond donors (Lipinski definition) is 0. The largest absolute Gasteiger partial charge is 0.504 e. The van der Waals surface area contributed by atoms with Crippen molar-refractivity contribution >= 4 is 0 Å². The van der Waals surface area contributed by atoms with Gasteiger partial charge in [0, 0.05) is 7.11 Å². The van der Waals surface area contributed by atoms with Gasteiger partial charge in [0.05, 0.1) is 20.0 Å². The topological polar surface area (TPSA) is 27.7 Å². The summed E-state index contributed by atoms with van der Waals surface area (Å²) < 4.78 is 15.3. The maximum atomic E-state index is 5.35. The van der Waals surface area contributed by atoms with Crippen molar-refractivity contribution < 1.29 is 14.2 Å². The Labute approximate surface area is 123 Å². The zero-order valence-electron chi connectivity index (χ0n) is 13.5. The first-order chi connectivity index (χ1) is 9.50. The van der Waals surface area contributed by atoms with Gasteiger partial charge in [-0.1, -0.05) is 24.6 Å². The van der Waals surface area contributed by atoms with Crippen molar-refractivity contribution in [2.75, 3.05) is 27.6 Å². The molecule has 0 heterocycles. The standard InChI is InChI=1S/C17H28O3/c1-14(11-20-13-19-5)6-8-17(3)9-7-16(10-17)15(2)12-18-4/h6,10,12H,7-9,11,13H2,1-5H3/b14-6-,15-12+/t17-/m1/s1. The van der Waals surface area contributed by atoms with Crippen LogP contribution in [0.2, 0.25) is 0 Å². The molecule has 20 heavy (non-hydrogen) atoms.